The molecule has 0 spiro atoms. The van der Waals surface area contributed by atoms with E-state index in [2.05, 4.69) is 18.7 Å². The van der Waals surface area contributed by atoms with Crippen LogP contribution in [0.3, 0.4) is 0 Å². The number of amides is 1. The van der Waals surface area contributed by atoms with Crippen LogP contribution in [0.5, 0.6) is 0 Å². The fraction of sp³-hybridized carbons (Fsp3) is 0.923. The van der Waals surface area contributed by atoms with Crippen LogP contribution in [-0.4, -0.2) is 23.9 Å². The van der Waals surface area contributed by atoms with Crippen molar-refractivity contribution in [3.8, 4) is 0 Å². The summed E-state index contributed by atoms with van der Waals surface area (Å²) in [6.07, 6.45) is 7.07. The summed E-state index contributed by atoms with van der Waals surface area (Å²) in [5.74, 6) is 1.09. The van der Waals surface area contributed by atoms with Gasteiger partial charge >= 0.3 is 0 Å². The Labute approximate surface area is 93.0 Å². The van der Waals surface area contributed by atoms with E-state index in [0.717, 1.165) is 19.5 Å². The van der Waals surface area contributed by atoms with Crippen LogP contribution in [0.2, 0.25) is 0 Å². The van der Waals surface area contributed by atoms with Gasteiger partial charge in [-0.1, -0.05) is 13.8 Å². The zero-order chi connectivity index (χ0) is 10.9. The van der Waals surface area contributed by atoms with Gasteiger partial charge < -0.3 is 4.90 Å². The first kappa shape index (κ1) is 11.0. The van der Waals surface area contributed by atoms with Gasteiger partial charge in [-0.15, -0.1) is 0 Å². The summed E-state index contributed by atoms with van der Waals surface area (Å²) in [4.78, 5) is 14.2. The standard InChI is InChI=1S/C13H23NO/c1-11(2)13(6-7-13)10-12(15)14-8-4-3-5-9-14/h11H,3-10H2,1-2H3. The molecule has 0 aromatic carbocycles. The average Bonchev–Trinajstić information content (AvgIpc) is 3.00. The Morgan fingerprint density at radius 3 is 2.27 bits per heavy atom. The third kappa shape index (κ3) is 2.35. The van der Waals surface area contributed by atoms with Crippen LogP contribution in [-0.2, 0) is 4.79 Å². The topological polar surface area (TPSA) is 20.3 Å². The van der Waals surface area contributed by atoms with Crippen LogP contribution >= 0.6 is 0 Å². The lowest BCUT2D eigenvalue weighted by atomic mass is 9.88. The van der Waals surface area contributed by atoms with Gasteiger partial charge in [0.05, 0.1) is 0 Å². The van der Waals surface area contributed by atoms with E-state index in [4.69, 9.17) is 0 Å². The monoisotopic (exact) mass is 209 g/mol. The third-order valence-corrected chi connectivity index (χ3v) is 4.33. The van der Waals surface area contributed by atoms with E-state index in [0.29, 0.717) is 17.2 Å². The van der Waals surface area contributed by atoms with E-state index < -0.39 is 0 Å². The Morgan fingerprint density at radius 1 is 1.20 bits per heavy atom. The second kappa shape index (κ2) is 4.15. The molecule has 2 heteroatoms. The molecule has 1 amide bonds. The highest BCUT2D eigenvalue weighted by molar-refractivity contribution is 5.77. The van der Waals surface area contributed by atoms with Crippen molar-refractivity contribution in [1.82, 2.24) is 4.90 Å². The molecule has 2 fully saturated rings. The number of carbonyl (C=O) groups is 1. The van der Waals surface area contributed by atoms with Crippen molar-refractivity contribution in [3.05, 3.63) is 0 Å². The Hall–Kier alpha value is -0.530. The van der Waals surface area contributed by atoms with E-state index in [1.54, 1.807) is 0 Å². The van der Waals surface area contributed by atoms with Gasteiger partial charge in [0.25, 0.3) is 0 Å². The molecule has 2 aliphatic rings. The predicted molar refractivity (Wildman–Crippen MR) is 61.6 cm³/mol. The minimum atomic E-state index is 0.383. The van der Waals surface area contributed by atoms with Crippen molar-refractivity contribution in [2.75, 3.05) is 13.1 Å². The summed E-state index contributed by atoms with van der Waals surface area (Å²) in [5.41, 5.74) is 0.383. The minimum absolute atomic E-state index is 0.383. The molecule has 2 nitrogen and oxygen atoms in total. The molecule has 1 heterocycles. The molecule has 0 aromatic heterocycles. The maximum absolute atomic E-state index is 12.1. The normalized spacial score (nSPS) is 24.3. The van der Waals surface area contributed by atoms with Gasteiger partial charge in [0.15, 0.2) is 0 Å². The lowest BCUT2D eigenvalue weighted by Gasteiger charge is -2.29. The lowest BCUT2D eigenvalue weighted by Crippen LogP contribution is -2.37. The zero-order valence-electron chi connectivity index (χ0n) is 10.1. The Balaban J connectivity index is 1.86. The quantitative estimate of drug-likeness (QED) is 0.700. The van der Waals surface area contributed by atoms with Gasteiger partial charge in [-0.05, 0) is 43.4 Å². The summed E-state index contributed by atoms with van der Waals surface area (Å²) >= 11 is 0. The van der Waals surface area contributed by atoms with Gasteiger partial charge in [-0.3, -0.25) is 4.79 Å². The van der Waals surface area contributed by atoms with E-state index in [1.807, 2.05) is 0 Å². The number of hydrogen-bond acceptors (Lipinski definition) is 1. The first-order valence-electron chi connectivity index (χ1n) is 6.42. The molecule has 15 heavy (non-hydrogen) atoms. The molecular weight excluding hydrogens is 186 g/mol. The fourth-order valence-corrected chi connectivity index (χ4v) is 2.68. The van der Waals surface area contributed by atoms with Crippen LogP contribution in [0.4, 0.5) is 0 Å². The number of hydrogen-bond donors (Lipinski definition) is 0. The van der Waals surface area contributed by atoms with E-state index >= 15 is 0 Å². The highest BCUT2D eigenvalue weighted by Crippen LogP contribution is 2.54. The Bertz CT molecular complexity index is 237. The van der Waals surface area contributed by atoms with E-state index in [-0.39, 0.29) is 0 Å². The molecule has 2 rings (SSSR count). The minimum Gasteiger partial charge on any atom is -0.343 e. The molecule has 0 radical (unpaired) electrons. The molecule has 0 N–H and O–H groups in total. The fourth-order valence-electron chi connectivity index (χ4n) is 2.68. The number of likely N-dealkylation sites (tertiary alicyclic amines) is 1. The molecule has 0 aromatic rings. The molecule has 0 unspecified atom stereocenters. The van der Waals surface area contributed by atoms with Gasteiger partial charge in [0.2, 0.25) is 5.91 Å². The van der Waals surface area contributed by atoms with Crippen molar-refractivity contribution in [2.24, 2.45) is 11.3 Å². The molecule has 1 saturated carbocycles. The van der Waals surface area contributed by atoms with Crippen LogP contribution < -0.4 is 0 Å². The van der Waals surface area contributed by atoms with Crippen LogP contribution in [0, 0.1) is 11.3 Å². The van der Waals surface area contributed by atoms with Gasteiger partial charge in [-0.25, -0.2) is 0 Å². The average molecular weight is 209 g/mol. The molecule has 1 aliphatic carbocycles. The number of piperidine rings is 1. The van der Waals surface area contributed by atoms with Crippen molar-refractivity contribution >= 4 is 5.91 Å². The SMILES string of the molecule is CC(C)C1(CC(=O)N2CCCCC2)CC1. The zero-order valence-corrected chi connectivity index (χ0v) is 10.1. The van der Waals surface area contributed by atoms with Crippen LogP contribution in [0.25, 0.3) is 0 Å². The number of nitrogens with zero attached hydrogens (tertiary/aromatic N) is 1. The second-order valence-corrected chi connectivity index (χ2v) is 5.64. The van der Waals surface area contributed by atoms with Gasteiger partial charge in [0, 0.05) is 19.5 Å². The number of carbonyl (C=O) groups excluding carboxylic acids is 1. The summed E-state index contributed by atoms with van der Waals surface area (Å²) in [5, 5.41) is 0. The first-order chi connectivity index (χ1) is 7.14. The lowest BCUT2D eigenvalue weighted by molar-refractivity contribution is -0.133. The van der Waals surface area contributed by atoms with Crippen molar-refractivity contribution in [3.63, 3.8) is 0 Å². The second-order valence-electron chi connectivity index (χ2n) is 5.64. The maximum atomic E-state index is 12.1. The summed E-state index contributed by atoms with van der Waals surface area (Å²) in [7, 11) is 0. The summed E-state index contributed by atoms with van der Waals surface area (Å²) in [6, 6.07) is 0. The molecule has 86 valence electrons. The molecule has 0 bridgehead atoms. The molecule has 1 aliphatic heterocycles. The van der Waals surface area contributed by atoms with Crippen molar-refractivity contribution < 1.29 is 4.79 Å². The molecule has 0 atom stereocenters. The highest BCUT2D eigenvalue weighted by atomic mass is 16.2. The third-order valence-electron chi connectivity index (χ3n) is 4.33. The van der Waals surface area contributed by atoms with Crippen molar-refractivity contribution in [1.29, 1.82) is 0 Å². The van der Waals surface area contributed by atoms with Gasteiger partial charge in [0.1, 0.15) is 0 Å². The largest absolute Gasteiger partial charge is 0.343 e. The van der Waals surface area contributed by atoms with E-state index in [1.165, 1.54) is 32.1 Å². The van der Waals surface area contributed by atoms with Crippen LogP contribution in [0.1, 0.15) is 52.4 Å². The smallest absolute Gasteiger partial charge is 0.223 e. The van der Waals surface area contributed by atoms with Crippen LogP contribution in [0.15, 0.2) is 0 Å². The Kier molecular flexibility index (Phi) is 3.03. The molecular formula is C13H23NO. The molecule has 1 saturated heterocycles. The van der Waals surface area contributed by atoms with Gasteiger partial charge in [-0.2, -0.15) is 0 Å². The first-order valence-corrected chi connectivity index (χ1v) is 6.42. The maximum Gasteiger partial charge on any atom is 0.223 e. The highest BCUT2D eigenvalue weighted by Gasteiger charge is 2.47. The Morgan fingerprint density at radius 2 is 1.80 bits per heavy atom. The summed E-state index contributed by atoms with van der Waals surface area (Å²) in [6.45, 7) is 6.53. The van der Waals surface area contributed by atoms with E-state index in [9.17, 15) is 4.79 Å². The summed E-state index contributed by atoms with van der Waals surface area (Å²) < 4.78 is 0. The number of rotatable bonds is 3. The predicted octanol–water partition coefficient (Wildman–Crippen LogP) is 2.83. The van der Waals surface area contributed by atoms with Crippen molar-refractivity contribution in [2.45, 2.75) is 52.4 Å².